The topological polar surface area (TPSA) is 44.8 Å². The van der Waals surface area contributed by atoms with E-state index in [1.54, 1.807) is 31.4 Å². The van der Waals surface area contributed by atoms with Gasteiger partial charge in [-0.25, -0.2) is 4.79 Å². The zero-order valence-electron chi connectivity index (χ0n) is 11.6. The summed E-state index contributed by atoms with van der Waals surface area (Å²) in [6, 6.07) is 6.82. The van der Waals surface area contributed by atoms with Gasteiger partial charge >= 0.3 is 5.97 Å². The van der Waals surface area contributed by atoms with E-state index in [0.717, 1.165) is 11.8 Å². The van der Waals surface area contributed by atoms with Gasteiger partial charge in [-0.05, 0) is 42.9 Å². The van der Waals surface area contributed by atoms with Crippen LogP contribution in [-0.2, 0) is 9.47 Å². The number of hydrogen-bond donors (Lipinski definition) is 0. The molecule has 0 bridgehead atoms. The third-order valence-corrected chi connectivity index (χ3v) is 3.85. The lowest BCUT2D eigenvalue weighted by Crippen LogP contribution is -2.00. The summed E-state index contributed by atoms with van der Waals surface area (Å²) in [6.07, 6.45) is 3.55. The van der Waals surface area contributed by atoms with Crippen LogP contribution in [0.4, 0.5) is 0 Å². The molecule has 19 heavy (non-hydrogen) atoms. The van der Waals surface area contributed by atoms with Gasteiger partial charge in [-0.2, -0.15) is 0 Å². The number of carbonyl (C=O) groups is 1. The van der Waals surface area contributed by atoms with Crippen LogP contribution in [0, 0.1) is 11.8 Å². The Morgan fingerprint density at radius 1 is 1.16 bits per heavy atom. The van der Waals surface area contributed by atoms with Crippen molar-refractivity contribution in [3.8, 4) is 5.75 Å². The maximum atomic E-state index is 11.0. The summed E-state index contributed by atoms with van der Waals surface area (Å²) in [7, 11) is 4.72. The lowest BCUT2D eigenvalue weighted by atomic mass is 10.0. The number of benzene rings is 1. The molecule has 3 rings (SSSR count). The Bertz CT molecular complexity index is 434. The first-order valence-corrected chi connectivity index (χ1v) is 6.46. The van der Waals surface area contributed by atoms with Crippen LogP contribution in [-0.4, -0.2) is 33.4 Å². The second-order valence-electron chi connectivity index (χ2n) is 4.83. The highest BCUT2D eigenvalue weighted by molar-refractivity contribution is 5.89. The fourth-order valence-corrected chi connectivity index (χ4v) is 2.51. The van der Waals surface area contributed by atoms with E-state index in [1.807, 2.05) is 7.11 Å². The Balaban J connectivity index is 0.000000159. The molecule has 2 aliphatic rings. The van der Waals surface area contributed by atoms with Crippen molar-refractivity contribution in [1.82, 2.24) is 0 Å². The largest absolute Gasteiger partial charge is 0.497 e. The summed E-state index contributed by atoms with van der Waals surface area (Å²) in [5.74, 6) is 2.28. The number of fused-ring (bicyclic) bond motifs is 1. The van der Waals surface area contributed by atoms with Gasteiger partial charge in [-0.15, -0.1) is 0 Å². The van der Waals surface area contributed by atoms with Crippen LogP contribution in [0.1, 0.15) is 23.2 Å². The Hall–Kier alpha value is -1.55. The molecule has 2 saturated carbocycles. The minimum absolute atomic E-state index is 0.353. The summed E-state index contributed by atoms with van der Waals surface area (Å²) in [6.45, 7) is 0. The molecule has 2 atom stereocenters. The fourth-order valence-electron chi connectivity index (χ4n) is 2.51. The summed E-state index contributed by atoms with van der Waals surface area (Å²) >= 11 is 0. The van der Waals surface area contributed by atoms with Crippen molar-refractivity contribution in [2.24, 2.45) is 11.8 Å². The van der Waals surface area contributed by atoms with Gasteiger partial charge in [0.05, 0.1) is 25.9 Å². The first kappa shape index (κ1) is 13.9. The summed E-state index contributed by atoms with van der Waals surface area (Å²) in [5.41, 5.74) is 0.497. The van der Waals surface area contributed by atoms with Crippen molar-refractivity contribution in [1.29, 1.82) is 0 Å². The Morgan fingerprint density at radius 2 is 1.84 bits per heavy atom. The molecular formula is C15H20O4. The molecule has 0 N–H and O–H groups in total. The van der Waals surface area contributed by atoms with Crippen molar-refractivity contribution in [2.45, 2.75) is 18.9 Å². The fraction of sp³-hybridized carbons (Fsp3) is 0.533. The molecule has 0 radical (unpaired) electrons. The zero-order chi connectivity index (χ0) is 13.8. The molecule has 1 aromatic carbocycles. The molecule has 2 fully saturated rings. The number of esters is 1. The van der Waals surface area contributed by atoms with E-state index in [2.05, 4.69) is 4.74 Å². The van der Waals surface area contributed by atoms with Crippen LogP contribution >= 0.6 is 0 Å². The number of rotatable bonds is 3. The normalized spacial score (nSPS) is 26.2. The number of carbonyl (C=O) groups excluding carboxylic acids is 1. The van der Waals surface area contributed by atoms with Gasteiger partial charge in [-0.3, -0.25) is 0 Å². The first-order valence-electron chi connectivity index (χ1n) is 6.46. The van der Waals surface area contributed by atoms with Crippen LogP contribution in [0.5, 0.6) is 5.75 Å². The van der Waals surface area contributed by atoms with Gasteiger partial charge in [0.1, 0.15) is 5.75 Å². The zero-order valence-corrected chi connectivity index (χ0v) is 11.6. The molecule has 2 unspecified atom stereocenters. The molecule has 4 heteroatoms. The number of methoxy groups -OCH3 is 3. The van der Waals surface area contributed by atoms with Gasteiger partial charge in [0.2, 0.25) is 0 Å². The van der Waals surface area contributed by atoms with Gasteiger partial charge in [0.15, 0.2) is 0 Å². The van der Waals surface area contributed by atoms with E-state index in [0.29, 0.717) is 17.4 Å². The highest BCUT2D eigenvalue weighted by atomic mass is 16.5. The van der Waals surface area contributed by atoms with E-state index in [9.17, 15) is 4.79 Å². The quantitative estimate of drug-likeness (QED) is 0.787. The van der Waals surface area contributed by atoms with Crippen molar-refractivity contribution >= 4 is 5.97 Å². The molecule has 2 aliphatic carbocycles. The summed E-state index contributed by atoms with van der Waals surface area (Å²) in [5, 5.41) is 0. The summed E-state index contributed by atoms with van der Waals surface area (Å²) in [4.78, 5) is 11.0. The third kappa shape index (κ3) is 3.07. The van der Waals surface area contributed by atoms with E-state index >= 15 is 0 Å². The monoisotopic (exact) mass is 264 g/mol. The highest BCUT2D eigenvalue weighted by Crippen LogP contribution is 2.57. The predicted octanol–water partition coefficient (Wildman–Crippen LogP) is 2.52. The Morgan fingerprint density at radius 3 is 2.26 bits per heavy atom. The average molecular weight is 264 g/mol. The second kappa shape index (κ2) is 6.06. The molecule has 0 aromatic heterocycles. The SMILES string of the molecule is COC(=O)c1cccc(OC)c1.COC1C2CCC21. The molecule has 0 spiro atoms. The lowest BCUT2D eigenvalue weighted by molar-refractivity contribution is 0.0600. The first-order chi connectivity index (χ1) is 9.21. The predicted molar refractivity (Wildman–Crippen MR) is 71.3 cm³/mol. The van der Waals surface area contributed by atoms with Crippen molar-refractivity contribution in [3.63, 3.8) is 0 Å². The molecular weight excluding hydrogens is 244 g/mol. The number of hydrogen-bond acceptors (Lipinski definition) is 4. The second-order valence-corrected chi connectivity index (χ2v) is 4.83. The summed E-state index contributed by atoms with van der Waals surface area (Å²) < 4.78 is 14.6. The van der Waals surface area contributed by atoms with Crippen molar-refractivity contribution in [3.05, 3.63) is 29.8 Å². The van der Waals surface area contributed by atoms with Crippen LogP contribution < -0.4 is 4.74 Å². The van der Waals surface area contributed by atoms with Crippen LogP contribution in [0.25, 0.3) is 0 Å². The van der Waals surface area contributed by atoms with Crippen LogP contribution in [0.2, 0.25) is 0 Å². The molecule has 4 nitrogen and oxygen atoms in total. The number of ether oxygens (including phenoxy) is 3. The molecule has 0 aliphatic heterocycles. The van der Waals surface area contributed by atoms with Gasteiger partial charge in [-0.1, -0.05) is 6.07 Å². The van der Waals surface area contributed by atoms with Gasteiger partial charge in [0.25, 0.3) is 0 Å². The van der Waals surface area contributed by atoms with E-state index in [-0.39, 0.29) is 5.97 Å². The third-order valence-electron chi connectivity index (χ3n) is 3.85. The molecule has 0 heterocycles. The Labute approximate surface area is 113 Å². The minimum atomic E-state index is -0.353. The molecule has 1 aromatic rings. The molecule has 0 amide bonds. The molecule has 0 saturated heterocycles. The van der Waals surface area contributed by atoms with Crippen LogP contribution in [0.15, 0.2) is 24.3 Å². The van der Waals surface area contributed by atoms with Crippen LogP contribution in [0.3, 0.4) is 0 Å². The minimum Gasteiger partial charge on any atom is -0.497 e. The highest BCUT2D eigenvalue weighted by Gasteiger charge is 2.56. The molecule has 104 valence electrons. The Kier molecular flexibility index (Phi) is 4.43. The van der Waals surface area contributed by atoms with E-state index in [1.165, 1.54) is 20.0 Å². The van der Waals surface area contributed by atoms with Gasteiger partial charge < -0.3 is 14.2 Å². The standard InChI is InChI=1S/C9H10O3.C6H10O/c1-11-8-5-3-4-7(6-8)9(10)12-2;1-7-6-4-2-3-5(4)6/h3-6H,1-2H3;4-6H,2-3H2,1H3. The lowest BCUT2D eigenvalue weighted by Gasteiger charge is -2.03. The average Bonchev–Trinajstić information content (AvgIpc) is 2.98. The maximum Gasteiger partial charge on any atom is 0.337 e. The maximum absolute atomic E-state index is 11.0. The van der Waals surface area contributed by atoms with Gasteiger partial charge in [0, 0.05) is 7.11 Å². The van der Waals surface area contributed by atoms with E-state index in [4.69, 9.17) is 9.47 Å². The van der Waals surface area contributed by atoms with E-state index < -0.39 is 0 Å². The van der Waals surface area contributed by atoms with Crippen molar-refractivity contribution in [2.75, 3.05) is 21.3 Å². The van der Waals surface area contributed by atoms with Crippen molar-refractivity contribution < 1.29 is 19.0 Å². The smallest absolute Gasteiger partial charge is 0.337 e.